The molecule has 0 fully saturated rings. The van der Waals surface area contributed by atoms with E-state index >= 15 is 0 Å². The Labute approximate surface area is 83.8 Å². The molecule has 13 heavy (non-hydrogen) atoms. The molecular weight excluding hydrogens is 237 g/mol. The Morgan fingerprint density at radius 3 is 2.62 bits per heavy atom. The molecule has 0 aromatic heterocycles. The number of hydrogen-bond donors (Lipinski definition) is 2. The normalized spacial score (nSPS) is 9.77. The quantitative estimate of drug-likeness (QED) is 0.586. The van der Waals surface area contributed by atoms with Crippen LogP contribution in [0.25, 0.3) is 0 Å². The first-order valence-corrected chi connectivity index (χ1v) is 4.35. The topological polar surface area (TPSA) is 64.4 Å². The van der Waals surface area contributed by atoms with Crippen molar-refractivity contribution in [1.29, 1.82) is 0 Å². The Morgan fingerprint density at radius 2 is 2.08 bits per heavy atom. The lowest BCUT2D eigenvalue weighted by Gasteiger charge is -2.01. The van der Waals surface area contributed by atoms with Crippen LogP contribution in [0.2, 0.25) is 0 Å². The van der Waals surface area contributed by atoms with E-state index in [0.29, 0.717) is 4.47 Å². The van der Waals surface area contributed by atoms with E-state index in [0.717, 1.165) is 5.56 Å². The number of nitrogens with zero attached hydrogens (tertiary/aromatic N) is 1. The Kier molecular flexibility index (Phi) is 2.87. The standard InChI is InChI=1S/C8H9BrFN3/c1-4-2-7(13-8(11)12)6(10)3-5(4)9/h2-3H,1H3,(H4,11,12,13). The highest BCUT2D eigenvalue weighted by Crippen LogP contribution is 2.25. The summed E-state index contributed by atoms with van der Waals surface area (Å²) in [5.41, 5.74) is 11.3. The molecule has 0 saturated carbocycles. The Bertz CT molecular complexity index is 359. The van der Waals surface area contributed by atoms with E-state index in [-0.39, 0.29) is 11.6 Å². The van der Waals surface area contributed by atoms with Crippen LogP contribution in [0.5, 0.6) is 0 Å². The van der Waals surface area contributed by atoms with Gasteiger partial charge in [-0.05, 0) is 24.6 Å². The van der Waals surface area contributed by atoms with Gasteiger partial charge in [0.25, 0.3) is 0 Å². The molecule has 0 amide bonds. The summed E-state index contributed by atoms with van der Waals surface area (Å²) in [6.07, 6.45) is 0. The zero-order valence-electron chi connectivity index (χ0n) is 7.01. The molecule has 1 aromatic carbocycles. The third-order valence-electron chi connectivity index (χ3n) is 1.48. The van der Waals surface area contributed by atoms with Gasteiger partial charge >= 0.3 is 0 Å². The van der Waals surface area contributed by atoms with Gasteiger partial charge in [-0.1, -0.05) is 15.9 Å². The minimum atomic E-state index is -0.453. The van der Waals surface area contributed by atoms with Crippen LogP contribution in [0.1, 0.15) is 5.56 Å². The van der Waals surface area contributed by atoms with Crippen molar-refractivity contribution in [3.63, 3.8) is 0 Å². The first-order valence-electron chi connectivity index (χ1n) is 3.56. The maximum atomic E-state index is 13.1. The number of benzene rings is 1. The summed E-state index contributed by atoms with van der Waals surface area (Å²) in [6, 6.07) is 2.90. The monoisotopic (exact) mass is 245 g/mol. The van der Waals surface area contributed by atoms with Crippen LogP contribution in [0.4, 0.5) is 10.1 Å². The predicted octanol–water partition coefficient (Wildman–Crippen LogP) is 1.80. The summed E-state index contributed by atoms with van der Waals surface area (Å²) in [4.78, 5) is 3.64. The number of rotatable bonds is 1. The van der Waals surface area contributed by atoms with E-state index in [2.05, 4.69) is 20.9 Å². The van der Waals surface area contributed by atoms with Gasteiger partial charge in [0.1, 0.15) is 11.5 Å². The molecule has 0 bridgehead atoms. The molecule has 0 radical (unpaired) electrons. The van der Waals surface area contributed by atoms with E-state index in [4.69, 9.17) is 11.5 Å². The number of guanidine groups is 1. The molecular formula is C8H9BrFN3. The molecule has 0 aliphatic rings. The highest BCUT2D eigenvalue weighted by Gasteiger charge is 2.04. The molecule has 0 saturated heterocycles. The first-order chi connectivity index (χ1) is 6.00. The zero-order chi connectivity index (χ0) is 10.0. The Morgan fingerprint density at radius 1 is 1.46 bits per heavy atom. The molecule has 0 aliphatic heterocycles. The fourth-order valence-electron chi connectivity index (χ4n) is 0.867. The number of hydrogen-bond acceptors (Lipinski definition) is 1. The summed E-state index contributed by atoms with van der Waals surface area (Å²) < 4.78 is 13.8. The number of aryl methyl sites for hydroxylation is 1. The second-order valence-electron chi connectivity index (χ2n) is 2.59. The van der Waals surface area contributed by atoms with Gasteiger partial charge in [-0.15, -0.1) is 0 Å². The number of nitrogens with two attached hydrogens (primary N) is 2. The molecule has 0 aliphatic carbocycles. The molecule has 0 atom stereocenters. The second kappa shape index (κ2) is 3.74. The third-order valence-corrected chi connectivity index (χ3v) is 2.33. The molecule has 4 N–H and O–H groups in total. The molecule has 70 valence electrons. The summed E-state index contributed by atoms with van der Waals surface area (Å²) in [5.74, 6) is -0.605. The van der Waals surface area contributed by atoms with Crippen molar-refractivity contribution in [2.24, 2.45) is 16.5 Å². The van der Waals surface area contributed by atoms with Crippen molar-refractivity contribution in [2.75, 3.05) is 0 Å². The van der Waals surface area contributed by atoms with Crippen LogP contribution in [0.15, 0.2) is 21.6 Å². The van der Waals surface area contributed by atoms with Crippen molar-refractivity contribution in [3.05, 3.63) is 28.0 Å². The van der Waals surface area contributed by atoms with Gasteiger partial charge in [0.2, 0.25) is 0 Å². The van der Waals surface area contributed by atoms with Crippen LogP contribution in [-0.2, 0) is 0 Å². The van der Waals surface area contributed by atoms with Gasteiger partial charge in [-0.25, -0.2) is 9.38 Å². The summed E-state index contributed by atoms with van der Waals surface area (Å²) in [7, 11) is 0. The van der Waals surface area contributed by atoms with Crippen LogP contribution >= 0.6 is 15.9 Å². The van der Waals surface area contributed by atoms with Gasteiger partial charge in [0.05, 0.1) is 0 Å². The van der Waals surface area contributed by atoms with Gasteiger partial charge < -0.3 is 11.5 Å². The van der Waals surface area contributed by atoms with Crippen LogP contribution in [0, 0.1) is 12.7 Å². The summed E-state index contributed by atoms with van der Waals surface area (Å²) in [5, 5.41) is 0. The molecule has 5 heteroatoms. The zero-order valence-corrected chi connectivity index (χ0v) is 8.60. The van der Waals surface area contributed by atoms with Crippen molar-refractivity contribution < 1.29 is 4.39 Å². The average molecular weight is 246 g/mol. The molecule has 1 rings (SSSR count). The highest BCUT2D eigenvalue weighted by atomic mass is 79.9. The Balaban J connectivity index is 3.24. The fourth-order valence-corrected chi connectivity index (χ4v) is 1.18. The molecule has 1 aromatic rings. The number of halogens is 2. The summed E-state index contributed by atoms with van der Waals surface area (Å²) >= 11 is 3.20. The lowest BCUT2D eigenvalue weighted by molar-refractivity contribution is 0.628. The van der Waals surface area contributed by atoms with E-state index in [1.165, 1.54) is 6.07 Å². The van der Waals surface area contributed by atoms with E-state index < -0.39 is 5.82 Å². The largest absolute Gasteiger partial charge is 0.370 e. The van der Waals surface area contributed by atoms with Crippen LogP contribution in [-0.4, -0.2) is 5.96 Å². The van der Waals surface area contributed by atoms with E-state index in [1.807, 2.05) is 6.92 Å². The highest BCUT2D eigenvalue weighted by molar-refractivity contribution is 9.10. The minimum Gasteiger partial charge on any atom is -0.370 e. The van der Waals surface area contributed by atoms with Gasteiger partial charge in [0, 0.05) is 4.47 Å². The van der Waals surface area contributed by atoms with Crippen LogP contribution < -0.4 is 11.5 Å². The maximum Gasteiger partial charge on any atom is 0.191 e. The van der Waals surface area contributed by atoms with Crippen molar-refractivity contribution in [3.8, 4) is 0 Å². The average Bonchev–Trinajstić information content (AvgIpc) is 1.99. The van der Waals surface area contributed by atoms with E-state index in [9.17, 15) is 4.39 Å². The van der Waals surface area contributed by atoms with Crippen molar-refractivity contribution in [2.45, 2.75) is 6.92 Å². The lowest BCUT2D eigenvalue weighted by atomic mass is 10.2. The van der Waals surface area contributed by atoms with Gasteiger partial charge in [-0.3, -0.25) is 0 Å². The third kappa shape index (κ3) is 2.42. The minimum absolute atomic E-state index is 0.152. The smallest absolute Gasteiger partial charge is 0.191 e. The van der Waals surface area contributed by atoms with Crippen molar-refractivity contribution in [1.82, 2.24) is 0 Å². The van der Waals surface area contributed by atoms with Crippen LogP contribution in [0.3, 0.4) is 0 Å². The molecule has 0 unspecified atom stereocenters. The van der Waals surface area contributed by atoms with Gasteiger partial charge in [0.15, 0.2) is 5.96 Å². The fraction of sp³-hybridized carbons (Fsp3) is 0.125. The predicted molar refractivity (Wildman–Crippen MR) is 54.3 cm³/mol. The second-order valence-corrected chi connectivity index (χ2v) is 3.44. The Hall–Kier alpha value is -1.10. The van der Waals surface area contributed by atoms with Gasteiger partial charge in [-0.2, -0.15) is 0 Å². The maximum absolute atomic E-state index is 13.1. The van der Waals surface area contributed by atoms with E-state index in [1.54, 1.807) is 6.07 Å². The lowest BCUT2D eigenvalue weighted by Crippen LogP contribution is -2.22. The molecule has 3 nitrogen and oxygen atoms in total. The molecule has 0 spiro atoms. The first kappa shape index (κ1) is 9.98. The number of aliphatic imine (C=N–C) groups is 1. The molecule has 0 heterocycles. The SMILES string of the molecule is Cc1cc(N=C(N)N)c(F)cc1Br. The summed E-state index contributed by atoms with van der Waals surface area (Å²) in [6.45, 7) is 1.83. The van der Waals surface area contributed by atoms with Crippen molar-refractivity contribution >= 4 is 27.6 Å².